The van der Waals surface area contributed by atoms with Crippen LogP contribution >= 0.6 is 0 Å². The SMILES string of the molecule is CC(CO)NCc1ccc(-c2ccncc2)cc1F. The standard InChI is InChI=1S/C15H17FN2O/c1-11(10-19)18-9-14-3-2-13(8-15(14)16)12-4-6-17-7-5-12/h2-8,11,18-19H,9-10H2,1H3. The maximum Gasteiger partial charge on any atom is 0.128 e. The molecule has 3 nitrogen and oxygen atoms in total. The van der Waals surface area contributed by atoms with Gasteiger partial charge in [-0.3, -0.25) is 4.98 Å². The fourth-order valence-corrected chi connectivity index (χ4v) is 1.76. The molecule has 1 aromatic heterocycles. The first kappa shape index (κ1) is 13.6. The molecular formula is C15H17FN2O. The van der Waals surface area contributed by atoms with Gasteiger partial charge < -0.3 is 10.4 Å². The highest BCUT2D eigenvalue weighted by Gasteiger charge is 2.06. The van der Waals surface area contributed by atoms with Crippen molar-refractivity contribution in [3.05, 3.63) is 54.1 Å². The Morgan fingerprint density at radius 1 is 1.21 bits per heavy atom. The molecule has 4 heteroatoms. The zero-order chi connectivity index (χ0) is 13.7. The summed E-state index contributed by atoms with van der Waals surface area (Å²) in [7, 11) is 0. The van der Waals surface area contributed by atoms with Gasteiger partial charge in [-0.25, -0.2) is 4.39 Å². The summed E-state index contributed by atoms with van der Waals surface area (Å²) >= 11 is 0. The minimum Gasteiger partial charge on any atom is -0.395 e. The van der Waals surface area contributed by atoms with Gasteiger partial charge in [0.05, 0.1) is 6.61 Å². The van der Waals surface area contributed by atoms with E-state index in [2.05, 4.69) is 10.3 Å². The van der Waals surface area contributed by atoms with Crippen molar-refractivity contribution in [2.45, 2.75) is 19.5 Å². The van der Waals surface area contributed by atoms with Crippen LogP contribution in [0.5, 0.6) is 0 Å². The molecule has 2 rings (SSSR count). The monoisotopic (exact) mass is 260 g/mol. The van der Waals surface area contributed by atoms with Gasteiger partial charge in [-0.2, -0.15) is 0 Å². The lowest BCUT2D eigenvalue weighted by molar-refractivity contribution is 0.250. The second-order valence-corrected chi connectivity index (χ2v) is 4.51. The molecule has 1 heterocycles. The van der Waals surface area contributed by atoms with Crippen molar-refractivity contribution in [1.29, 1.82) is 0 Å². The smallest absolute Gasteiger partial charge is 0.128 e. The Balaban J connectivity index is 2.13. The number of rotatable bonds is 5. The lowest BCUT2D eigenvalue weighted by atomic mass is 10.0. The summed E-state index contributed by atoms with van der Waals surface area (Å²) in [5.74, 6) is -0.244. The first-order valence-electron chi connectivity index (χ1n) is 6.24. The number of hydrogen-bond acceptors (Lipinski definition) is 3. The Bertz CT molecular complexity index is 531. The molecule has 0 aliphatic rings. The molecule has 0 amide bonds. The van der Waals surface area contributed by atoms with Gasteiger partial charge in [-0.05, 0) is 36.2 Å². The Morgan fingerprint density at radius 2 is 1.95 bits per heavy atom. The Labute approximate surface area is 112 Å². The highest BCUT2D eigenvalue weighted by Crippen LogP contribution is 2.21. The normalized spacial score (nSPS) is 12.4. The van der Waals surface area contributed by atoms with E-state index in [4.69, 9.17) is 5.11 Å². The van der Waals surface area contributed by atoms with E-state index < -0.39 is 0 Å². The molecule has 100 valence electrons. The molecule has 0 aliphatic carbocycles. The van der Waals surface area contributed by atoms with E-state index in [1.165, 1.54) is 6.07 Å². The summed E-state index contributed by atoms with van der Waals surface area (Å²) in [6.07, 6.45) is 3.37. The third-order valence-electron chi connectivity index (χ3n) is 2.98. The van der Waals surface area contributed by atoms with E-state index in [1.54, 1.807) is 18.5 Å². The number of nitrogens with one attached hydrogen (secondary N) is 1. The van der Waals surface area contributed by atoms with Crippen molar-refractivity contribution in [2.75, 3.05) is 6.61 Å². The fourth-order valence-electron chi connectivity index (χ4n) is 1.76. The van der Waals surface area contributed by atoms with Gasteiger partial charge in [0.15, 0.2) is 0 Å². The van der Waals surface area contributed by atoms with Crippen LogP contribution in [0.15, 0.2) is 42.7 Å². The minimum atomic E-state index is -0.244. The average Bonchev–Trinajstić information content (AvgIpc) is 2.46. The summed E-state index contributed by atoms with van der Waals surface area (Å²) in [6, 6.07) is 8.83. The van der Waals surface area contributed by atoms with E-state index in [-0.39, 0.29) is 18.5 Å². The molecule has 0 aliphatic heterocycles. The first-order chi connectivity index (χ1) is 9.20. The van der Waals surface area contributed by atoms with Crippen LogP contribution < -0.4 is 5.32 Å². The predicted octanol–water partition coefficient (Wildman–Crippen LogP) is 2.36. The van der Waals surface area contributed by atoms with E-state index in [0.717, 1.165) is 11.1 Å². The summed E-state index contributed by atoms with van der Waals surface area (Å²) in [5.41, 5.74) is 2.37. The molecular weight excluding hydrogens is 243 g/mol. The number of aliphatic hydroxyl groups is 1. The van der Waals surface area contributed by atoms with Crippen molar-refractivity contribution >= 4 is 0 Å². The molecule has 0 spiro atoms. The highest BCUT2D eigenvalue weighted by atomic mass is 19.1. The molecule has 0 bridgehead atoms. The fraction of sp³-hybridized carbons (Fsp3) is 0.267. The van der Waals surface area contributed by atoms with Crippen LogP contribution in [-0.2, 0) is 6.54 Å². The van der Waals surface area contributed by atoms with Gasteiger partial charge in [0.25, 0.3) is 0 Å². The first-order valence-corrected chi connectivity index (χ1v) is 6.24. The van der Waals surface area contributed by atoms with Crippen LogP contribution in [0.3, 0.4) is 0 Å². The highest BCUT2D eigenvalue weighted by molar-refractivity contribution is 5.63. The maximum absolute atomic E-state index is 14.0. The topological polar surface area (TPSA) is 45.1 Å². The molecule has 1 aromatic carbocycles. The van der Waals surface area contributed by atoms with Gasteiger partial charge >= 0.3 is 0 Å². The largest absolute Gasteiger partial charge is 0.395 e. The molecule has 0 radical (unpaired) electrons. The number of benzene rings is 1. The molecule has 0 saturated carbocycles. The molecule has 0 fully saturated rings. The lowest BCUT2D eigenvalue weighted by Crippen LogP contribution is -2.28. The summed E-state index contributed by atoms with van der Waals surface area (Å²) in [4.78, 5) is 3.94. The van der Waals surface area contributed by atoms with E-state index in [9.17, 15) is 4.39 Å². The van der Waals surface area contributed by atoms with Gasteiger partial charge in [0.2, 0.25) is 0 Å². The summed E-state index contributed by atoms with van der Waals surface area (Å²) in [5, 5.41) is 12.0. The van der Waals surface area contributed by atoms with Crippen molar-refractivity contribution in [1.82, 2.24) is 10.3 Å². The molecule has 2 N–H and O–H groups in total. The Morgan fingerprint density at radius 3 is 2.58 bits per heavy atom. The number of hydrogen-bond donors (Lipinski definition) is 2. The van der Waals surface area contributed by atoms with Gasteiger partial charge in [-0.15, -0.1) is 0 Å². The van der Waals surface area contributed by atoms with Crippen LogP contribution in [0.4, 0.5) is 4.39 Å². The minimum absolute atomic E-state index is 0.0384. The molecule has 1 atom stereocenters. The third kappa shape index (κ3) is 3.59. The predicted molar refractivity (Wildman–Crippen MR) is 73.0 cm³/mol. The molecule has 2 aromatic rings. The van der Waals surface area contributed by atoms with Crippen LogP contribution in [0.25, 0.3) is 11.1 Å². The second kappa shape index (κ2) is 6.41. The van der Waals surface area contributed by atoms with E-state index in [0.29, 0.717) is 12.1 Å². The van der Waals surface area contributed by atoms with E-state index >= 15 is 0 Å². The number of halogens is 1. The van der Waals surface area contributed by atoms with Gasteiger partial charge in [0, 0.05) is 30.5 Å². The number of aliphatic hydroxyl groups excluding tert-OH is 1. The second-order valence-electron chi connectivity index (χ2n) is 4.51. The number of pyridine rings is 1. The van der Waals surface area contributed by atoms with Crippen LogP contribution in [0.2, 0.25) is 0 Å². The third-order valence-corrected chi connectivity index (χ3v) is 2.98. The maximum atomic E-state index is 14.0. The molecule has 1 unspecified atom stereocenters. The molecule has 19 heavy (non-hydrogen) atoms. The average molecular weight is 260 g/mol. The van der Waals surface area contributed by atoms with Crippen molar-refractivity contribution in [3.8, 4) is 11.1 Å². The van der Waals surface area contributed by atoms with Crippen LogP contribution in [0.1, 0.15) is 12.5 Å². The number of aromatic nitrogens is 1. The van der Waals surface area contributed by atoms with E-state index in [1.807, 2.05) is 25.1 Å². The zero-order valence-corrected chi connectivity index (χ0v) is 10.8. The zero-order valence-electron chi connectivity index (χ0n) is 10.8. The van der Waals surface area contributed by atoms with Gasteiger partial charge in [-0.1, -0.05) is 12.1 Å². The van der Waals surface area contributed by atoms with Crippen LogP contribution in [0, 0.1) is 5.82 Å². The lowest BCUT2D eigenvalue weighted by Gasteiger charge is -2.12. The summed E-state index contributed by atoms with van der Waals surface area (Å²) < 4.78 is 14.0. The van der Waals surface area contributed by atoms with Crippen LogP contribution in [-0.4, -0.2) is 22.7 Å². The van der Waals surface area contributed by atoms with Crippen molar-refractivity contribution < 1.29 is 9.50 Å². The Kier molecular flexibility index (Phi) is 4.60. The van der Waals surface area contributed by atoms with Crippen molar-refractivity contribution in [3.63, 3.8) is 0 Å². The quantitative estimate of drug-likeness (QED) is 0.867. The Hall–Kier alpha value is -1.78. The summed E-state index contributed by atoms with van der Waals surface area (Å²) in [6.45, 7) is 2.30. The molecule has 0 saturated heterocycles. The van der Waals surface area contributed by atoms with Crippen molar-refractivity contribution in [2.24, 2.45) is 0 Å². The van der Waals surface area contributed by atoms with Gasteiger partial charge in [0.1, 0.15) is 5.82 Å². The number of nitrogens with zero attached hydrogens (tertiary/aromatic N) is 1.